The zero-order valence-corrected chi connectivity index (χ0v) is 36.2. The highest BCUT2D eigenvalue weighted by Crippen LogP contribution is 2.68. The first-order chi connectivity index (χ1) is 25.1. The number of carbonyl (C=O) groups excluding carboxylic acids is 1. The lowest BCUT2D eigenvalue weighted by Crippen LogP contribution is -2.54. The van der Waals surface area contributed by atoms with E-state index in [4.69, 9.17) is 4.74 Å². The summed E-state index contributed by atoms with van der Waals surface area (Å²) in [6.45, 7) is 17.6. The van der Waals surface area contributed by atoms with Crippen molar-refractivity contribution in [1.82, 2.24) is 0 Å². The van der Waals surface area contributed by atoms with Crippen molar-refractivity contribution < 1.29 is 9.53 Å². The number of hydrogen-bond acceptors (Lipinski definition) is 2. The van der Waals surface area contributed by atoms with Crippen molar-refractivity contribution in [3.05, 3.63) is 12.2 Å². The van der Waals surface area contributed by atoms with E-state index in [-0.39, 0.29) is 12.1 Å². The first kappa shape index (κ1) is 43.9. The van der Waals surface area contributed by atoms with Gasteiger partial charge in [-0.1, -0.05) is 151 Å². The van der Waals surface area contributed by atoms with Crippen molar-refractivity contribution in [1.29, 1.82) is 0 Å². The smallest absolute Gasteiger partial charge is 0.306 e. The van der Waals surface area contributed by atoms with Gasteiger partial charge in [-0.25, -0.2) is 0 Å². The molecule has 302 valence electrons. The van der Waals surface area contributed by atoms with Crippen LogP contribution in [-0.4, -0.2) is 12.1 Å². The fraction of sp³-hybridized carbons (Fsp3) is 0.940. The lowest BCUT2D eigenvalue weighted by molar-refractivity contribution is -0.162. The van der Waals surface area contributed by atoms with Gasteiger partial charge in [0.25, 0.3) is 0 Å². The molecular weight excluding hydrogens is 633 g/mol. The number of allylic oxidation sites excluding steroid dienone is 2. The van der Waals surface area contributed by atoms with Crippen molar-refractivity contribution in [2.75, 3.05) is 0 Å². The standard InChI is InChI=1S/C50H90O2/c1-8-9-10-11-12-13-14-15-16-17-18-19-20-21-22-23-24-25-26-27-48(51)52-43-34-36-49(6)42(38-43)30-31-44-46-33-32-45(50(46,7)37-35-47(44)49)41(5)29-28-40(4)39(2)3/h15-16,39-47H,8-14,17-38H2,1-7H3/t40-,41+,42?,43?,44-,45+,46-,47-,49-,50+/m0/s1. The Morgan fingerprint density at radius 3 is 1.87 bits per heavy atom. The molecule has 0 aliphatic heterocycles. The Balaban J connectivity index is 1.04. The first-order valence-electron chi connectivity index (χ1n) is 23.9. The van der Waals surface area contributed by atoms with Crippen LogP contribution in [0.25, 0.3) is 0 Å². The molecule has 0 heterocycles. The zero-order chi connectivity index (χ0) is 37.4. The number of carbonyl (C=O) groups is 1. The summed E-state index contributed by atoms with van der Waals surface area (Å²) in [5.41, 5.74) is 1.04. The normalized spacial score (nSPS) is 32.8. The van der Waals surface area contributed by atoms with Crippen LogP contribution < -0.4 is 0 Å². The maximum absolute atomic E-state index is 12.9. The van der Waals surface area contributed by atoms with E-state index in [0.29, 0.717) is 17.3 Å². The molecule has 52 heavy (non-hydrogen) atoms. The maximum atomic E-state index is 12.9. The predicted molar refractivity (Wildman–Crippen MR) is 225 cm³/mol. The van der Waals surface area contributed by atoms with Gasteiger partial charge in [-0.3, -0.25) is 4.79 Å². The molecule has 0 N–H and O–H groups in total. The third-order valence-corrected chi connectivity index (χ3v) is 16.5. The third-order valence-electron chi connectivity index (χ3n) is 16.5. The largest absolute Gasteiger partial charge is 0.462 e. The number of esters is 1. The average molecular weight is 723 g/mol. The molecule has 0 aromatic rings. The van der Waals surface area contributed by atoms with Crippen LogP contribution in [0.1, 0.15) is 235 Å². The second-order valence-corrected chi connectivity index (χ2v) is 20.3. The van der Waals surface area contributed by atoms with Gasteiger partial charge in [-0.05, 0) is 148 Å². The molecular formula is C50H90O2. The van der Waals surface area contributed by atoms with Crippen LogP contribution in [-0.2, 0) is 9.53 Å². The Morgan fingerprint density at radius 2 is 1.23 bits per heavy atom. The molecule has 0 saturated heterocycles. The minimum atomic E-state index is 0.0886. The second-order valence-electron chi connectivity index (χ2n) is 20.3. The summed E-state index contributed by atoms with van der Waals surface area (Å²) in [7, 11) is 0. The summed E-state index contributed by atoms with van der Waals surface area (Å²) in [6.07, 6.45) is 43.3. The second kappa shape index (κ2) is 22.7. The van der Waals surface area contributed by atoms with Gasteiger partial charge < -0.3 is 4.74 Å². The molecule has 0 spiro atoms. The molecule has 2 heteroatoms. The Kier molecular flexibility index (Phi) is 19.2. The highest BCUT2D eigenvalue weighted by atomic mass is 16.5. The zero-order valence-electron chi connectivity index (χ0n) is 36.2. The van der Waals surface area contributed by atoms with E-state index in [1.54, 1.807) is 0 Å². The molecule has 4 aliphatic rings. The molecule has 2 nitrogen and oxygen atoms in total. The van der Waals surface area contributed by atoms with E-state index >= 15 is 0 Å². The fourth-order valence-electron chi connectivity index (χ4n) is 12.7. The van der Waals surface area contributed by atoms with Gasteiger partial charge in [-0.15, -0.1) is 0 Å². The molecule has 0 bridgehead atoms. The number of hydrogen-bond donors (Lipinski definition) is 0. The quantitative estimate of drug-likeness (QED) is 0.0533. The van der Waals surface area contributed by atoms with Crippen molar-refractivity contribution in [2.24, 2.45) is 58.2 Å². The van der Waals surface area contributed by atoms with Gasteiger partial charge >= 0.3 is 5.97 Å². The molecule has 10 atom stereocenters. The first-order valence-corrected chi connectivity index (χ1v) is 23.9. The number of unbranched alkanes of at least 4 members (excludes halogenated alkanes) is 15. The molecule has 0 amide bonds. The minimum absolute atomic E-state index is 0.0886. The summed E-state index contributed by atoms with van der Waals surface area (Å²) in [4.78, 5) is 12.9. The van der Waals surface area contributed by atoms with Crippen LogP contribution >= 0.6 is 0 Å². The van der Waals surface area contributed by atoms with Crippen LogP contribution in [0.4, 0.5) is 0 Å². The third kappa shape index (κ3) is 12.6. The molecule has 4 fully saturated rings. The Hall–Kier alpha value is -0.790. The van der Waals surface area contributed by atoms with E-state index in [1.807, 2.05) is 0 Å². The van der Waals surface area contributed by atoms with E-state index in [2.05, 4.69) is 60.6 Å². The average Bonchev–Trinajstić information content (AvgIpc) is 3.48. The van der Waals surface area contributed by atoms with Gasteiger partial charge in [0, 0.05) is 6.42 Å². The van der Waals surface area contributed by atoms with E-state index in [9.17, 15) is 4.79 Å². The van der Waals surface area contributed by atoms with Crippen LogP contribution in [0.5, 0.6) is 0 Å². The monoisotopic (exact) mass is 723 g/mol. The van der Waals surface area contributed by atoms with Crippen molar-refractivity contribution in [3.8, 4) is 0 Å². The Morgan fingerprint density at radius 1 is 0.654 bits per heavy atom. The maximum Gasteiger partial charge on any atom is 0.306 e. The van der Waals surface area contributed by atoms with Gasteiger partial charge in [0.15, 0.2) is 0 Å². The van der Waals surface area contributed by atoms with Crippen molar-refractivity contribution in [2.45, 2.75) is 241 Å². The highest BCUT2D eigenvalue weighted by Gasteiger charge is 2.60. The summed E-state index contributed by atoms with van der Waals surface area (Å²) in [5.74, 6) is 7.11. The molecule has 2 unspecified atom stereocenters. The van der Waals surface area contributed by atoms with Crippen LogP contribution in [0.15, 0.2) is 12.2 Å². The van der Waals surface area contributed by atoms with E-state index < -0.39 is 0 Å². The minimum Gasteiger partial charge on any atom is -0.462 e. The van der Waals surface area contributed by atoms with Crippen molar-refractivity contribution in [3.63, 3.8) is 0 Å². The lowest BCUT2D eigenvalue weighted by Gasteiger charge is -2.61. The molecule has 4 saturated carbocycles. The number of ether oxygens (including phenoxy) is 1. The highest BCUT2D eigenvalue weighted by molar-refractivity contribution is 5.69. The Labute approximate surface area is 325 Å². The van der Waals surface area contributed by atoms with Gasteiger partial charge in [0.2, 0.25) is 0 Å². The van der Waals surface area contributed by atoms with Gasteiger partial charge in [0.05, 0.1) is 0 Å². The molecule has 4 aliphatic carbocycles. The van der Waals surface area contributed by atoms with Gasteiger partial charge in [-0.2, -0.15) is 0 Å². The number of rotatable bonds is 25. The predicted octanol–water partition coefficient (Wildman–Crippen LogP) is 15.9. The topological polar surface area (TPSA) is 26.3 Å². The fourth-order valence-corrected chi connectivity index (χ4v) is 12.7. The number of fused-ring (bicyclic) bond motifs is 5. The lowest BCUT2D eigenvalue weighted by atomic mass is 9.44. The van der Waals surface area contributed by atoms with Crippen LogP contribution in [0, 0.1) is 58.2 Å². The summed E-state index contributed by atoms with van der Waals surface area (Å²) in [5, 5.41) is 0. The van der Waals surface area contributed by atoms with E-state index in [0.717, 1.165) is 66.6 Å². The summed E-state index contributed by atoms with van der Waals surface area (Å²) in [6, 6.07) is 0. The van der Waals surface area contributed by atoms with E-state index in [1.165, 1.54) is 161 Å². The molecule has 0 radical (unpaired) electrons. The van der Waals surface area contributed by atoms with Crippen molar-refractivity contribution >= 4 is 5.97 Å². The van der Waals surface area contributed by atoms with Crippen LogP contribution in [0.3, 0.4) is 0 Å². The molecule has 4 rings (SSSR count). The van der Waals surface area contributed by atoms with Gasteiger partial charge in [0.1, 0.15) is 6.10 Å². The SMILES string of the molecule is CCCCCCCCC=CCCCCCCCCCCCC(=O)OC1CC[C@@]2(C)C(CC[C@H]3[C@@H]4CC[C@H]([C@H](C)CC[C@H](C)C(C)C)[C@@]4(C)CC[C@@H]32)C1. The summed E-state index contributed by atoms with van der Waals surface area (Å²) < 4.78 is 6.19. The molecule has 0 aromatic carbocycles. The van der Waals surface area contributed by atoms with Crippen LogP contribution in [0.2, 0.25) is 0 Å². The molecule has 0 aromatic heterocycles. The Bertz CT molecular complexity index is 1010. The summed E-state index contributed by atoms with van der Waals surface area (Å²) >= 11 is 0.